The molecular formula is C15H10N2O4. The number of hydrogen-bond donors (Lipinski definition) is 1. The number of aromatic carboxylic acids is 1. The van der Waals surface area contributed by atoms with Crippen LogP contribution >= 0.6 is 0 Å². The Morgan fingerprint density at radius 2 is 1.71 bits per heavy atom. The van der Waals surface area contributed by atoms with Crippen LogP contribution in [0.15, 0.2) is 42.7 Å². The largest absolute Gasteiger partial charge is 0.478 e. The Labute approximate surface area is 119 Å². The maximum atomic E-state index is 12.2. The molecule has 0 radical (unpaired) electrons. The second-order valence-corrected chi connectivity index (χ2v) is 4.63. The van der Waals surface area contributed by atoms with E-state index < -0.39 is 5.97 Å². The summed E-state index contributed by atoms with van der Waals surface area (Å²) in [5, 5.41) is 8.93. The Morgan fingerprint density at radius 3 is 2.29 bits per heavy atom. The quantitative estimate of drug-likeness (QED) is 0.863. The standard InChI is InChI=1S/C15H10N2O4/c18-13-11-3-1-2-4-12(11)14(19)17(13)8-9-5-10(15(20)21)7-16-6-9/h1-7H,8H2,(H,20,21). The van der Waals surface area contributed by atoms with Crippen molar-refractivity contribution in [3.63, 3.8) is 0 Å². The van der Waals surface area contributed by atoms with Crippen molar-refractivity contribution in [3.8, 4) is 0 Å². The van der Waals surface area contributed by atoms with E-state index in [0.717, 1.165) is 4.90 Å². The smallest absolute Gasteiger partial charge is 0.337 e. The van der Waals surface area contributed by atoms with Gasteiger partial charge >= 0.3 is 5.97 Å². The minimum Gasteiger partial charge on any atom is -0.478 e. The van der Waals surface area contributed by atoms with Crippen molar-refractivity contribution in [2.45, 2.75) is 6.54 Å². The topological polar surface area (TPSA) is 87.6 Å². The van der Waals surface area contributed by atoms with E-state index in [-0.39, 0.29) is 23.9 Å². The van der Waals surface area contributed by atoms with Gasteiger partial charge in [-0.2, -0.15) is 0 Å². The third-order valence-corrected chi connectivity index (χ3v) is 3.26. The van der Waals surface area contributed by atoms with Gasteiger partial charge in [0.25, 0.3) is 11.8 Å². The second kappa shape index (κ2) is 4.82. The van der Waals surface area contributed by atoms with E-state index in [1.165, 1.54) is 18.5 Å². The van der Waals surface area contributed by atoms with Gasteiger partial charge in [0.15, 0.2) is 0 Å². The Morgan fingerprint density at radius 1 is 1.10 bits per heavy atom. The molecule has 6 heteroatoms. The number of fused-ring (bicyclic) bond motifs is 1. The summed E-state index contributed by atoms with van der Waals surface area (Å²) in [6.07, 6.45) is 2.66. The average molecular weight is 282 g/mol. The van der Waals surface area contributed by atoms with Gasteiger partial charge in [0, 0.05) is 12.4 Å². The molecule has 0 atom stereocenters. The number of carbonyl (C=O) groups is 3. The minimum absolute atomic E-state index is 0.000463. The van der Waals surface area contributed by atoms with Crippen LogP contribution < -0.4 is 0 Å². The fraction of sp³-hybridized carbons (Fsp3) is 0.0667. The van der Waals surface area contributed by atoms with E-state index >= 15 is 0 Å². The van der Waals surface area contributed by atoms with Gasteiger partial charge in [-0.3, -0.25) is 19.5 Å². The third-order valence-electron chi connectivity index (χ3n) is 3.26. The molecule has 0 aliphatic carbocycles. The summed E-state index contributed by atoms with van der Waals surface area (Å²) in [5.74, 6) is -1.86. The molecule has 0 bridgehead atoms. The molecule has 104 valence electrons. The van der Waals surface area contributed by atoms with Gasteiger partial charge in [-0.15, -0.1) is 0 Å². The Balaban J connectivity index is 1.90. The normalized spacial score (nSPS) is 13.4. The molecule has 2 amide bonds. The maximum Gasteiger partial charge on any atom is 0.337 e. The van der Waals surface area contributed by atoms with Crippen LogP contribution in [0.5, 0.6) is 0 Å². The Kier molecular flexibility index (Phi) is 2.98. The highest BCUT2D eigenvalue weighted by atomic mass is 16.4. The van der Waals surface area contributed by atoms with Gasteiger partial charge in [0.2, 0.25) is 0 Å². The lowest BCUT2D eigenvalue weighted by Gasteiger charge is -2.13. The maximum absolute atomic E-state index is 12.2. The highest BCUT2D eigenvalue weighted by Crippen LogP contribution is 2.24. The van der Waals surface area contributed by atoms with E-state index in [1.807, 2.05) is 0 Å². The highest BCUT2D eigenvalue weighted by Gasteiger charge is 2.35. The monoisotopic (exact) mass is 282 g/mol. The molecule has 1 aliphatic heterocycles. The summed E-state index contributed by atoms with van der Waals surface area (Å²) in [6, 6.07) is 7.99. The lowest BCUT2D eigenvalue weighted by molar-refractivity contribution is 0.0641. The van der Waals surface area contributed by atoms with Crippen molar-refractivity contribution in [1.82, 2.24) is 9.88 Å². The summed E-state index contributed by atoms with van der Waals surface area (Å²) in [4.78, 5) is 40.2. The molecule has 3 rings (SSSR count). The number of nitrogens with zero attached hydrogens (tertiary/aromatic N) is 2. The molecular weight excluding hydrogens is 272 g/mol. The first kappa shape index (κ1) is 13.0. The molecule has 0 saturated heterocycles. The van der Waals surface area contributed by atoms with Crippen molar-refractivity contribution in [1.29, 1.82) is 0 Å². The van der Waals surface area contributed by atoms with Gasteiger partial charge in [-0.1, -0.05) is 12.1 Å². The summed E-state index contributed by atoms with van der Waals surface area (Å²) in [6.45, 7) is 0.000463. The van der Waals surface area contributed by atoms with E-state index in [4.69, 9.17) is 5.11 Å². The second-order valence-electron chi connectivity index (χ2n) is 4.63. The molecule has 1 N–H and O–H groups in total. The first-order valence-electron chi connectivity index (χ1n) is 6.20. The number of amides is 2. The number of carboxylic acid groups (broad SMARTS) is 1. The predicted molar refractivity (Wildman–Crippen MR) is 71.8 cm³/mol. The Bertz CT molecular complexity index is 735. The molecule has 1 aromatic heterocycles. The molecule has 0 unspecified atom stereocenters. The zero-order valence-corrected chi connectivity index (χ0v) is 10.8. The first-order valence-corrected chi connectivity index (χ1v) is 6.20. The van der Waals surface area contributed by atoms with E-state index in [1.54, 1.807) is 24.3 Å². The average Bonchev–Trinajstić information content (AvgIpc) is 2.73. The van der Waals surface area contributed by atoms with E-state index in [0.29, 0.717) is 16.7 Å². The van der Waals surface area contributed by atoms with Crippen LogP contribution in [0.3, 0.4) is 0 Å². The van der Waals surface area contributed by atoms with Crippen LogP contribution in [-0.4, -0.2) is 32.8 Å². The minimum atomic E-state index is -1.10. The number of pyridine rings is 1. The van der Waals surface area contributed by atoms with Crippen LogP contribution in [0.1, 0.15) is 36.6 Å². The molecule has 2 aromatic rings. The van der Waals surface area contributed by atoms with Crippen LogP contribution in [-0.2, 0) is 6.54 Å². The van der Waals surface area contributed by atoms with Gasteiger partial charge in [-0.25, -0.2) is 4.79 Å². The van der Waals surface area contributed by atoms with Gasteiger partial charge in [0.05, 0.1) is 23.2 Å². The Hall–Kier alpha value is -3.02. The lowest BCUT2D eigenvalue weighted by atomic mass is 10.1. The summed E-state index contributed by atoms with van der Waals surface area (Å²) in [5.41, 5.74) is 1.24. The predicted octanol–water partition coefficient (Wildman–Crippen LogP) is 1.58. The number of imide groups is 1. The number of benzene rings is 1. The number of carbonyl (C=O) groups excluding carboxylic acids is 2. The molecule has 0 spiro atoms. The van der Waals surface area contributed by atoms with Crippen LogP contribution in [0.25, 0.3) is 0 Å². The van der Waals surface area contributed by atoms with E-state index in [9.17, 15) is 14.4 Å². The molecule has 1 aliphatic rings. The molecule has 21 heavy (non-hydrogen) atoms. The van der Waals surface area contributed by atoms with Crippen molar-refractivity contribution in [3.05, 3.63) is 65.0 Å². The number of hydrogen-bond acceptors (Lipinski definition) is 4. The SMILES string of the molecule is O=C(O)c1cncc(CN2C(=O)c3ccccc3C2=O)c1. The first-order chi connectivity index (χ1) is 10.1. The fourth-order valence-electron chi connectivity index (χ4n) is 2.26. The van der Waals surface area contributed by atoms with Gasteiger partial charge in [0.1, 0.15) is 0 Å². The zero-order chi connectivity index (χ0) is 15.0. The third kappa shape index (κ3) is 2.16. The van der Waals surface area contributed by atoms with Crippen molar-refractivity contribution < 1.29 is 19.5 Å². The van der Waals surface area contributed by atoms with Crippen molar-refractivity contribution >= 4 is 17.8 Å². The fourth-order valence-corrected chi connectivity index (χ4v) is 2.26. The van der Waals surface area contributed by atoms with Crippen LogP contribution in [0, 0.1) is 0 Å². The molecule has 0 fully saturated rings. The summed E-state index contributed by atoms with van der Waals surface area (Å²) < 4.78 is 0. The van der Waals surface area contributed by atoms with Crippen LogP contribution in [0.4, 0.5) is 0 Å². The zero-order valence-electron chi connectivity index (χ0n) is 10.8. The number of rotatable bonds is 3. The summed E-state index contributed by atoms with van der Waals surface area (Å²) >= 11 is 0. The van der Waals surface area contributed by atoms with Crippen LogP contribution in [0.2, 0.25) is 0 Å². The highest BCUT2D eigenvalue weighted by molar-refractivity contribution is 6.21. The van der Waals surface area contributed by atoms with Gasteiger partial charge in [-0.05, 0) is 23.8 Å². The van der Waals surface area contributed by atoms with Crippen molar-refractivity contribution in [2.24, 2.45) is 0 Å². The molecule has 1 aromatic carbocycles. The molecule has 0 saturated carbocycles. The molecule has 2 heterocycles. The van der Waals surface area contributed by atoms with E-state index in [2.05, 4.69) is 4.98 Å². The van der Waals surface area contributed by atoms with Crippen molar-refractivity contribution in [2.75, 3.05) is 0 Å². The number of aromatic nitrogens is 1. The summed E-state index contributed by atoms with van der Waals surface area (Å²) in [7, 11) is 0. The molecule has 6 nitrogen and oxygen atoms in total. The number of carboxylic acids is 1. The van der Waals surface area contributed by atoms with Gasteiger partial charge < -0.3 is 5.11 Å². The lowest BCUT2D eigenvalue weighted by Crippen LogP contribution is -2.29.